The van der Waals surface area contributed by atoms with Gasteiger partial charge in [-0.05, 0) is 54.5 Å². The first-order chi connectivity index (χ1) is 10.0. The highest BCUT2D eigenvalue weighted by atomic mass is 79.9. The van der Waals surface area contributed by atoms with Crippen LogP contribution in [0.1, 0.15) is 64.4 Å². The van der Waals surface area contributed by atoms with Crippen LogP contribution in [0.3, 0.4) is 0 Å². The van der Waals surface area contributed by atoms with Crippen molar-refractivity contribution < 1.29 is 4.74 Å². The average molecular weight is 376 g/mol. The first-order valence-corrected chi connectivity index (χ1v) is 9.05. The van der Waals surface area contributed by atoms with Crippen molar-refractivity contribution >= 4 is 27.5 Å². The minimum Gasteiger partial charge on any atom is -0.367 e. The molecule has 1 heterocycles. The van der Waals surface area contributed by atoms with Gasteiger partial charge in [-0.15, -0.1) is 0 Å². The summed E-state index contributed by atoms with van der Waals surface area (Å²) < 4.78 is 6.98. The van der Waals surface area contributed by atoms with E-state index in [4.69, 9.17) is 21.3 Å². The number of aromatic nitrogens is 2. The van der Waals surface area contributed by atoms with Crippen molar-refractivity contribution in [3.8, 4) is 0 Å². The zero-order valence-corrected chi connectivity index (χ0v) is 15.4. The average Bonchev–Trinajstić information content (AvgIpc) is 2.44. The van der Waals surface area contributed by atoms with E-state index in [9.17, 15) is 0 Å². The smallest absolute Gasteiger partial charge is 0.162 e. The minimum atomic E-state index is -0.362. The number of halogens is 2. The summed E-state index contributed by atoms with van der Waals surface area (Å²) in [7, 11) is 0. The van der Waals surface area contributed by atoms with Crippen molar-refractivity contribution in [1.29, 1.82) is 0 Å². The number of rotatable bonds is 5. The van der Waals surface area contributed by atoms with Gasteiger partial charge in [-0.1, -0.05) is 38.3 Å². The molecule has 1 aromatic heterocycles. The molecule has 2 rings (SSSR count). The van der Waals surface area contributed by atoms with Gasteiger partial charge in [-0.2, -0.15) is 0 Å². The third-order valence-electron chi connectivity index (χ3n) is 4.15. The molecule has 118 valence electrons. The third-order valence-corrected chi connectivity index (χ3v) is 5.49. The molecule has 1 saturated carbocycles. The highest BCUT2D eigenvalue weighted by molar-refractivity contribution is 9.10. The Balaban J connectivity index is 2.44. The van der Waals surface area contributed by atoms with Gasteiger partial charge in [-0.3, -0.25) is 0 Å². The Kier molecular flexibility index (Phi) is 6.04. The second kappa shape index (κ2) is 7.38. The van der Waals surface area contributed by atoms with Crippen LogP contribution in [0.15, 0.2) is 4.47 Å². The quantitative estimate of drug-likeness (QED) is 0.656. The fourth-order valence-electron chi connectivity index (χ4n) is 3.25. The Hall–Kier alpha value is -0.190. The molecule has 0 saturated heterocycles. The van der Waals surface area contributed by atoms with Gasteiger partial charge in [0.05, 0.1) is 10.2 Å². The molecule has 0 bridgehead atoms. The predicted molar refractivity (Wildman–Crippen MR) is 89.7 cm³/mol. The number of hydrogen-bond donors (Lipinski definition) is 0. The number of aryl methyl sites for hydroxylation is 1. The van der Waals surface area contributed by atoms with Gasteiger partial charge in [0.1, 0.15) is 10.8 Å². The molecule has 0 spiro atoms. The minimum absolute atomic E-state index is 0.362. The van der Waals surface area contributed by atoms with E-state index >= 15 is 0 Å². The van der Waals surface area contributed by atoms with Gasteiger partial charge in [0.2, 0.25) is 0 Å². The second-order valence-corrected chi connectivity index (χ2v) is 7.13. The molecule has 0 amide bonds. The Morgan fingerprint density at radius 2 is 2.14 bits per heavy atom. The molecule has 5 heteroatoms. The van der Waals surface area contributed by atoms with Crippen LogP contribution in [0.5, 0.6) is 0 Å². The molecule has 0 radical (unpaired) electrons. The number of hydrogen-bond acceptors (Lipinski definition) is 3. The molecular weight excluding hydrogens is 352 g/mol. The van der Waals surface area contributed by atoms with Crippen LogP contribution in [-0.2, 0) is 16.8 Å². The summed E-state index contributed by atoms with van der Waals surface area (Å²) in [5, 5.41) is 0.501. The van der Waals surface area contributed by atoms with Crippen molar-refractivity contribution in [1.82, 2.24) is 9.97 Å². The fourth-order valence-corrected chi connectivity index (χ4v) is 3.81. The molecule has 1 aliphatic rings. The van der Waals surface area contributed by atoms with Gasteiger partial charge in [0.25, 0.3) is 0 Å². The maximum Gasteiger partial charge on any atom is 0.162 e. The van der Waals surface area contributed by atoms with E-state index in [0.717, 1.165) is 48.1 Å². The van der Waals surface area contributed by atoms with Crippen molar-refractivity contribution in [3.05, 3.63) is 21.1 Å². The molecule has 1 fully saturated rings. The second-order valence-electron chi connectivity index (χ2n) is 5.98. The van der Waals surface area contributed by atoms with Crippen LogP contribution in [-0.4, -0.2) is 16.6 Å². The standard InChI is InChI=1S/C16H24BrClN2O/c1-4-7-12-13(17)14(18)20-15(19-12)16(21-5-2)9-6-8-11(3)10-16/h11H,4-10H2,1-3H3. The van der Waals surface area contributed by atoms with E-state index in [0.29, 0.717) is 17.7 Å². The van der Waals surface area contributed by atoms with E-state index in [1.807, 2.05) is 6.92 Å². The van der Waals surface area contributed by atoms with Crippen molar-refractivity contribution in [2.24, 2.45) is 5.92 Å². The fraction of sp³-hybridized carbons (Fsp3) is 0.750. The molecule has 0 N–H and O–H groups in total. The molecule has 3 nitrogen and oxygen atoms in total. The van der Waals surface area contributed by atoms with E-state index in [-0.39, 0.29) is 5.60 Å². The van der Waals surface area contributed by atoms with Crippen LogP contribution >= 0.6 is 27.5 Å². The third kappa shape index (κ3) is 3.77. The van der Waals surface area contributed by atoms with Crippen LogP contribution in [0, 0.1) is 5.92 Å². The number of ether oxygens (including phenoxy) is 1. The van der Waals surface area contributed by atoms with Gasteiger partial charge in [0.15, 0.2) is 5.82 Å². The summed E-state index contributed by atoms with van der Waals surface area (Å²) in [5.41, 5.74) is 0.629. The van der Waals surface area contributed by atoms with Crippen LogP contribution in [0.25, 0.3) is 0 Å². The van der Waals surface area contributed by atoms with E-state index in [1.165, 1.54) is 6.42 Å². The lowest BCUT2D eigenvalue weighted by molar-refractivity contribution is -0.0882. The Morgan fingerprint density at radius 3 is 2.76 bits per heavy atom. The molecule has 2 unspecified atom stereocenters. The lowest BCUT2D eigenvalue weighted by atomic mass is 9.78. The molecule has 0 aromatic carbocycles. The number of nitrogens with zero attached hydrogens (tertiary/aromatic N) is 2. The topological polar surface area (TPSA) is 35.0 Å². The Labute approximate surface area is 141 Å². The Bertz CT molecular complexity index is 493. The highest BCUT2D eigenvalue weighted by Crippen LogP contribution is 2.42. The van der Waals surface area contributed by atoms with Crippen molar-refractivity contribution in [2.45, 2.75) is 64.9 Å². The van der Waals surface area contributed by atoms with Gasteiger partial charge in [-0.25, -0.2) is 9.97 Å². The van der Waals surface area contributed by atoms with E-state index in [2.05, 4.69) is 34.8 Å². The first-order valence-electron chi connectivity index (χ1n) is 7.88. The maximum atomic E-state index is 6.32. The van der Waals surface area contributed by atoms with Crippen molar-refractivity contribution in [3.63, 3.8) is 0 Å². The SMILES string of the molecule is CCCc1nc(C2(OCC)CCCC(C)C2)nc(Cl)c1Br. The molecule has 1 aromatic rings. The molecule has 21 heavy (non-hydrogen) atoms. The zero-order valence-electron chi connectivity index (χ0n) is 13.1. The lowest BCUT2D eigenvalue weighted by Crippen LogP contribution is -2.37. The summed E-state index contributed by atoms with van der Waals surface area (Å²) in [6.45, 7) is 7.13. The molecule has 0 aliphatic heterocycles. The lowest BCUT2D eigenvalue weighted by Gasteiger charge is -2.38. The van der Waals surface area contributed by atoms with E-state index in [1.54, 1.807) is 0 Å². The van der Waals surface area contributed by atoms with Crippen LogP contribution in [0.4, 0.5) is 0 Å². The van der Waals surface area contributed by atoms with Crippen LogP contribution < -0.4 is 0 Å². The van der Waals surface area contributed by atoms with Gasteiger partial charge in [0, 0.05) is 6.61 Å². The monoisotopic (exact) mass is 374 g/mol. The Morgan fingerprint density at radius 1 is 1.38 bits per heavy atom. The molecule has 2 atom stereocenters. The maximum absolute atomic E-state index is 6.32. The summed E-state index contributed by atoms with van der Waals surface area (Å²) in [5.74, 6) is 1.40. The van der Waals surface area contributed by atoms with Gasteiger partial charge >= 0.3 is 0 Å². The van der Waals surface area contributed by atoms with Crippen molar-refractivity contribution in [2.75, 3.05) is 6.61 Å². The first kappa shape index (κ1) is 17.2. The summed E-state index contributed by atoms with van der Waals surface area (Å²) in [6, 6.07) is 0. The zero-order chi connectivity index (χ0) is 15.5. The normalized spacial score (nSPS) is 26.0. The summed E-state index contributed by atoms with van der Waals surface area (Å²) in [4.78, 5) is 9.35. The van der Waals surface area contributed by atoms with Gasteiger partial charge < -0.3 is 4.74 Å². The summed E-state index contributed by atoms with van der Waals surface area (Å²) in [6.07, 6.45) is 6.29. The molecular formula is C16H24BrClN2O. The molecule has 1 aliphatic carbocycles. The summed E-state index contributed by atoms with van der Waals surface area (Å²) >= 11 is 9.83. The van der Waals surface area contributed by atoms with E-state index < -0.39 is 0 Å². The predicted octanol–water partition coefficient (Wildman–Crippen LogP) is 5.29. The van der Waals surface area contributed by atoms with Crippen LogP contribution in [0.2, 0.25) is 5.15 Å². The highest BCUT2D eigenvalue weighted by Gasteiger charge is 2.40. The largest absolute Gasteiger partial charge is 0.367 e.